The quantitative estimate of drug-likeness (QED) is 0.437. The lowest BCUT2D eigenvalue weighted by atomic mass is 10.3. The van der Waals surface area contributed by atoms with Crippen molar-refractivity contribution in [2.24, 2.45) is 0 Å². The Morgan fingerprint density at radius 2 is 2.00 bits per heavy atom. The zero-order chi connectivity index (χ0) is 22.6. The molecule has 0 bridgehead atoms. The van der Waals surface area contributed by atoms with Crippen LogP contribution in [0.25, 0.3) is 5.69 Å². The van der Waals surface area contributed by atoms with Gasteiger partial charge in [-0.15, -0.1) is 10.2 Å². The lowest BCUT2D eigenvalue weighted by Gasteiger charge is -2.11. The zero-order valence-corrected chi connectivity index (χ0v) is 19.6. The average molecular weight is 484 g/mol. The number of rotatable bonds is 10. The Labute approximate surface area is 189 Å². The highest BCUT2D eigenvalue weighted by Gasteiger charge is 2.24. The minimum atomic E-state index is -3.76. The molecule has 0 aliphatic rings. The maximum atomic E-state index is 12.6. The van der Waals surface area contributed by atoms with Gasteiger partial charge in [0.1, 0.15) is 22.2 Å². The van der Waals surface area contributed by atoms with E-state index in [1.54, 1.807) is 21.0 Å². The van der Waals surface area contributed by atoms with Crippen LogP contribution in [0.15, 0.2) is 50.5 Å². The van der Waals surface area contributed by atoms with Crippen LogP contribution in [0.4, 0.5) is 0 Å². The fourth-order valence-electron chi connectivity index (χ4n) is 2.92. The molecule has 0 saturated heterocycles. The molecule has 0 radical (unpaired) electrons. The summed E-state index contributed by atoms with van der Waals surface area (Å²) in [7, 11) is -2.17. The molecule has 2 heterocycles. The summed E-state index contributed by atoms with van der Waals surface area (Å²) in [6.45, 7) is 6.96. The third kappa shape index (κ3) is 5.48. The first-order valence-electron chi connectivity index (χ1n) is 9.20. The maximum absolute atomic E-state index is 12.6. The molecule has 12 heteroatoms. The van der Waals surface area contributed by atoms with Gasteiger partial charge in [0.15, 0.2) is 10.9 Å². The summed E-state index contributed by atoms with van der Waals surface area (Å²) < 4.78 is 39.9. The second-order valence-corrected chi connectivity index (χ2v) is 9.72. The molecule has 31 heavy (non-hydrogen) atoms. The van der Waals surface area contributed by atoms with E-state index in [1.807, 2.05) is 28.8 Å². The molecule has 166 valence electrons. The summed E-state index contributed by atoms with van der Waals surface area (Å²) >= 11 is 7.29. The van der Waals surface area contributed by atoms with Crippen molar-refractivity contribution in [3.05, 3.63) is 53.2 Å². The first kappa shape index (κ1) is 23.3. The van der Waals surface area contributed by atoms with Gasteiger partial charge in [0.05, 0.1) is 7.11 Å². The predicted molar refractivity (Wildman–Crippen MR) is 118 cm³/mol. The van der Waals surface area contributed by atoms with Gasteiger partial charge in [-0.3, -0.25) is 4.57 Å². The van der Waals surface area contributed by atoms with Crippen LogP contribution in [-0.4, -0.2) is 47.7 Å². The second kappa shape index (κ2) is 9.86. The molecule has 1 N–H and O–H groups in total. The summed E-state index contributed by atoms with van der Waals surface area (Å²) in [5, 5.41) is 13.3. The van der Waals surface area contributed by atoms with Crippen LogP contribution in [0.2, 0.25) is 0 Å². The SMILES string of the molecule is C=C(Cl)CSc1nnc(CCNS(=O)(=O)c2c(C)noc2C)n1-c1ccc(OC)cc1. The molecular formula is C19H22ClN5O4S2. The third-order valence-electron chi connectivity index (χ3n) is 4.27. The van der Waals surface area contributed by atoms with Gasteiger partial charge in [-0.1, -0.05) is 35.1 Å². The number of hydrogen-bond donors (Lipinski definition) is 1. The lowest BCUT2D eigenvalue weighted by molar-refractivity contribution is 0.390. The number of sulfonamides is 1. The molecule has 0 spiro atoms. The van der Waals surface area contributed by atoms with Crippen molar-refractivity contribution in [2.75, 3.05) is 19.4 Å². The lowest BCUT2D eigenvalue weighted by Crippen LogP contribution is -2.27. The molecular weight excluding hydrogens is 462 g/mol. The zero-order valence-electron chi connectivity index (χ0n) is 17.3. The van der Waals surface area contributed by atoms with Gasteiger partial charge < -0.3 is 9.26 Å². The number of aryl methyl sites for hydroxylation is 2. The molecule has 0 fully saturated rings. The molecule has 3 aromatic rings. The van der Waals surface area contributed by atoms with E-state index in [0.717, 1.165) is 5.69 Å². The fourth-order valence-corrected chi connectivity index (χ4v) is 5.16. The summed E-state index contributed by atoms with van der Waals surface area (Å²) in [6, 6.07) is 7.40. The smallest absolute Gasteiger partial charge is 0.245 e. The highest BCUT2D eigenvalue weighted by atomic mass is 35.5. The van der Waals surface area contributed by atoms with Crippen LogP contribution < -0.4 is 9.46 Å². The normalized spacial score (nSPS) is 11.6. The van der Waals surface area contributed by atoms with Crippen molar-refractivity contribution in [3.8, 4) is 11.4 Å². The molecule has 2 aromatic heterocycles. The van der Waals surface area contributed by atoms with Gasteiger partial charge in [0.25, 0.3) is 0 Å². The summed E-state index contributed by atoms with van der Waals surface area (Å²) in [6.07, 6.45) is 0.310. The van der Waals surface area contributed by atoms with Crippen molar-refractivity contribution in [1.29, 1.82) is 0 Å². The molecule has 0 aliphatic heterocycles. The van der Waals surface area contributed by atoms with Gasteiger partial charge in [-0.25, -0.2) is 13.1 Å². The van der Waals surface area contributed by atoms with E-state index in [4.69, 9.17) is 20.9 Å². The van der Waals surface area contributed by atoms with E-state index in [1.165, 1.54) is 11.8 Å². The Kier molecular flexibility index (Phi) is 7.42. The minimum Gasteiger partial charge on any atom is -0.497 e. The number of nitrogens with one attached hydrogen (secondary N) is 1. The van der Waals surface area contributed by atoms with E-state index < -0.39 is 10.0 Å². The summed E-state index contributed by atoms with van der Waals surface area (Å²) in [4.78, 5) is 0.0565. The third-order valence-corrected chi connectivity index (χ3v) is 7.28. The number of nitrogens with zero attached hydrogens (tertiary/aromatic N) is 4. The second-order valence-electron chi connectivity index (χ2n) is 6.54. The number of aromatic nitrogens is 4. The minimum absolute atomic E-state index is 0.0565. The molecule has 1 aromatic carbocycles. The van der Waals surface area contributed by atoms with E-state index in [2.05, 4.69) is 26.7 Å². The van der Waals surface area contributed by atoms with Crippen molar-refractivity contribution in [1.82, 2.24) is 24.6 Å². The fraction of sp³-hybridized carbons (Fsp3) is 0.316. The number of thioether (sulfide) groups is 1. The Balaban J connectivity index is 1.82. The Morgan fingerprint density at radius 1 is 1.29 bits per heavy atom. The number of ether oxygens (including phenoxy) is 1. The van der Waals surface area contributed by atoms with Gasteiger partial charge in [0, 0.05) is 29.4 Å². The highest BCUT2D eigenvalue weighted by Crippen LogP contribution is 2.26. The topological polar surface area (TPSA) is 112 Å². The highest BCUT2D eigenvalue weighted by molar-refractivity contribution is 7.99. The first-order valence-corrected chi connectivity index (χ1v) is 12.0. The van der Waals surface area contributed by atoms with Crippen LogP contribution in [0.1, 0.15) is 17.3 Å². The predicted octanol–water partition coefficient (Wildman–Crippen LogP) is 3.25. The molecule has 0 aliphatic carbocycles. The monoisotopic (exact) mass is 483 g/mol. The van der Waals surface area contributed by atoms with Crippen LogP contribution >= 0.6 is 23.4 Å². The molecule has 3 rings (SSSR count). The molecule has 9 nitrogen and oxygen atoms in total. The Morgan fingerprint density at radius 3 is 2.58 bits per heavy atom. The van der Waals surface area contributed by atoms with Crippen LogP contribution in [0.5, 0.6) is 5.75 Å². The van der Waals surface area contributed by atoms with E-state index in [9.17, 15) is 8.42 Å². The first-order chi connectivity index (χ1) is 14.7. The van der Waals surface area contributed by atoms with Crippen LogP contribution in [-0.2, 0) is 16.4 Å². The van der Waals surface area contributed by atoms with Crippen molar-refractivity contribution in [3.63, 3.8) is 0 Å². The van der Waals surface area contributed by atoms with Gasteiger partial charge in [-0.2, -0.15) is 0 Å². The molecule has 0 unspecified atom stereocenters. The number of halogens is 1. The van der Waals surface area contributed by atoms with Gasteiger partial charge in [0.2, 0.25) is 10.0 Å². The average Bonchev–Trinajstić information content (AvgIpc) is 3.29. The molecule has 0 atom stereocenters. The standard InChI is InChI=1S/C19H22ClN5O4S2/c1-12(20)11-30-19-23-22-17(25(19)15-5-7-16(28-4)8-6-15)9-10-21-31(26,27)18-13(2)24-29-14(18)3/h5-8,21H,1,9-11H2,2-4H3. The van der Waals surface area contributed by atoms with Crippen molar-refractivity contribution >= 4 is 33.4 Å². The Hall–Kier alpha value is -2.34. The van der Waals surface area contributed by atoms with Gasteiger partial charge in [-0.05, 0) is 38.1 Å². The Bertz CT molecular complexity index is 1150. The summed E-state index contributed by atoms with van der Waals surface area (Å²) in [5.41, 5.74) is 1.13. The summed E-state index contributed by atoms with van der Waals surface area (Å²) in [5.74, 6) is 2.02. The maximum Gasteiger partial charge on any atom is 0.245 e. The van der Waals surface area contributed by atoms with E-state index in [0.29, 0.717) is 39.6 Å². The number of benzene rings is 1. The van der Waals surface area contributed by atoms with E-state index >= 15 is 0 Å². The largest absolute Gasteiger partial charge is 0.497 e. The van der Waals surface area contributed by atoms with Gasteiger partial charge >= 0.3 is 0 Å². The van der Waals surface area contributed by atoms with Crippen molar-refractivity contribution in [2.45, 2.75) is 30.3 Å². The molecule has 0 amide bonds. The number of hydrogen-bond acceptors (Lipinski definition) is 8. The van der Waals surface area contributed by atoms with Crippen LogP contribution in [0.3, 0.4) is 0 Å². The molecule has 0 saturated carbocycles. The van der Waals surface area contributed by atoms with E-state index in [-0.39, 0.29) is 17.2 Å². The number of methoxy groups -OCH3 is 1. The van der Waals surface area contributed by atoms with Crippen molar-refractivity contribution < 1.29 is 17.7 Å². The van der Waals surface area contributed by atoms with Crippen LogP contribution in [0, 0.1) is 13.8 Å².